The fourth-order valence-corrected chi connectivity index (χ4v) is 4.69. The minimum Gasteiger partial charge on any atom is -0.507 e. The summed E-state index contributed by atoms with van der Waals surface area (Å²) in [5.41, 5.74) is 4.67. The molecule has 0 aliphatic heterocycles. The van der Waals surface area contributed by atoms with Crippen LogP contribution in [0.4, 0.5) is 5.69 Å². The molecule has 41 heavy (non-hydrogen) atoms. The van der Waals surface area contributed by atoms with Crippen molar-refractivity contribution < 1.29 is 24.2 Å². The van der Waals surface area contributed by atoms with E-state index in [1.807, 2.05) is 84.9 Å². The zero-order valence-corrected chi connectivity index (χ0v) is 21.7. The molecule has 0 saturated heterocycles. The second-order valence-corrected chi connectivity index (χ2v) is 9.45. The molecule has 0 saturated carbocycles. The summed E-state index contributed by atoms with van der Waals surface area (Å²) in [6, 6.07) is 29.6. The van der Waals surface area contributed by atoms with Gasteiger partial charge in [0.15, 0.2) is 0 Å². The molecule has 0 spiro atoms. The van der Waals surface area contributed by atoms with E-state index in [1.165, 1.54) is 12.1 Å². The summed E-state index contributed by atoms with van der Waals surface area (Å²) in [6.07, 6.45) is 1.85. The summed E-state index contributed by atoms with van der Waals surface area (Å²) in [4.78, 5) is 24.4. The summed E-state index contributed by atoms with van der Waals surface area (Å²) >= 11 is 0. The number of carbonyl (C=O) groups is 2. The lowest BCUT2D eigenvalue weighted by molar-refractivity contribution is -0.116. The Hall–Kier alpha value is -5.70. The van der Waals surface area contributed by atoms with Crippen molar-refractivity contribution in [3.63, 3.8) is 0 Å². The fraction of sp³-hybridized carbons (Fsp3) is 0.0625. The Balaban J connectivity index is 1.22. The minimum atomic E-state index is -1.26. The smallest absolute Gasteiger partial charge is 0.339 e. The number of nitrogens with one attached hydrogen (secondary N) is 1. The molecule has 0 unspecified atom stereocenters. The molecule has 202 valence electrons. The van der Waals surface area contributed by atoms with Gasteiger partial charge in [-0.15, -0.1) is 5.10 Å². The molecule has 1 amide bonds. The molecular formula is C32H24N4O5. The number of rotatable bonds is 8. The summed E-state index contributed by atoms with van der Waals surface area (Å²) < 4.78 is 7.63. The number of benzene rings is 4. The quantitative estimate of drug-likeness (QED) is 0.200. The van der Waals surface area contributed by atoms with E-state index in [1.54, 1.807) is 10.9 Å². The molecule has 0 aliphatic carbocycles. The third-order valence-corrected chi connectivity index (χ3v) is 6.71. The Morgan fingerprint density at radius 1 is 0.854 bits per heavy atom. The van der Waals surface area contributed by atoms with Crippen molar-refractivity contribution in [1.82, 2.24) is 15.0 Å². The van der Waals surface area contributed by atoms with Crippen molar-refractivity contribution in [3.8, 4) is 39.5 Å². The van der Waals surface area contributed by atoms with Crippen LogP contribution in [0.2, 0.25) is 0 Å². The largest absolute Gasteiger partial charge is 0.507 e. The Morgan fingerprint density at radius 3 is 2.20 bits per heavy atom. The number of anilines is 1. The van der Waals surface area contributed by atoms with E-state index in [4.69, 9.17) is 4.42 Å². The van der Waals surface area contributed by atoms with Gasteiger partial charge < -0.3 is 19.9 Å². The number of hydrogen-bond acceptors (Lipinski definition) is 6. The third kappa shape index (κ3) is 5.28. The highest BCUT2D eigenvalue weighted by molar-refractivity contribution is 6.05. The van der Waals surface area contributed by atoms with Crippen LogP contribution in [0.3, 0.4) is 0 Å². The van der Waals surface area contributed by atoms with Gasteiger partial charge in [0.05, 0.1) is 18.3 Å². The van der Waals surface area contributed by atoms with Crippen LogP contribution in [0.5, 0.6) is 5.75 Å². The summed E-state index contributed by atoms with van der Waals surface area (Å²) in [6.45, 7) is 0.276. The number of aromatic nitrogens is 3. The number of carbonyl (C=O) groups excluding carboxylic acids is 1. The fourth-order valence-electron chi connectivity index (χ4n) is 4.69. The van der Waals surface area contributed by atoms with Gasteiger partial charge in [0.1, 0.15) is 28.4 Å². The molecular weight excluding hydrogens is 520 g/mol. The van der Waals surface area contributed by atoms with Gasteiger partial charge in [0.2, 0.25) is 5.91 Å². The van der Waals surface area contributed by atoms with Crippen LogP contribution in [0.1, 0.15) is 16.8 Å². The van der Waals surface area contributed by atoms with E-state index in [2.05, 4.69) is 15.6 Å². The van der Waals surface area contributed by atoms with Crippen LogP contribution < -0.4 is 5.32 Å². The SMILES string of the molecule is O=C(CCn1cc(-c2c(-c3ccccc3)oc3cc(O)c(C(=O)O)cc23)nn1)Nc1ccc(-c2ccccc2)cc1. The van der Waals surface area contributed by atoms with Gasteiger partial charge in [-0.05, 0) is 29.3 Å². The van der Waals surface area contributed by atoms with Crippen molar-refractivity contribution in [3.05, 3.63) is 109 Å². The van der Waals surface area contributed by atoms with Gasteiger partial charge in [-0.2, -0.15) is 0 Å². The topological polar surface area (TPSA) is 130 Å². The lowest BCUT2D eigenvalue weighted by Gasteiger charge is -2.07. The number of furan rings is 1. The van der Waals surface area contributed by atoms with E-state index in [0.29, 0.717) is 33.7 Å². The molecule has 6 rings (SSSR count). The predicted molar refractivity (Wildman–Crippen MR) is 154 cm³/mol. The molecule has 0 bridgehead atoms. The number of hydrogen-bond donors (Lipinski definition) is 3. The highest BCUT2D eigenvalue weighted by atomic mass is 16.4. The van der Waals surface area contributed by atoms with E-state index >= 15 is 0 Å². The number of aromatic carboxylic acids is 1. The summed E-state index contributed by atoms with van der Waals surface area (Å²) in [5, 5.41) is 31.6. The maximum Gasteiger partial charge on any atom is 0.339 e. The van der Waals surface area contributed by atoms with Gasteiger partial charge in [0.25, 0.3) is 0 Å². The first kappa shape index (κ1) is 25.6. The average Bonchev–Trinajstić information content (AvgIpc) is 3.61. The number of aromatic hydroxyl groups is 1. The number of amides is 1. The number of phenols is 1. The first-order valence-corrected chi connectivity index (χ1v) is 12.9. The standard InChI is InChI=1S/C32H24N4O5/c37-27-18-28-25(17-24(27)32(39)40)30(31(41-28)22-9-5-2-6-10-22)26-19-36(35-34-26)16-15-29(38)33-23-13-11-21(12-14-23)20-7-3-1-4-8-20/h1-14,17-19,37H,15-16H2,(H,33,38)(H,39,40). The molecule has 0 fully saturated rings. The van der Waals surface area contributed by atoms with Crippen LogP contribution >= 0.6 is 0 Å². The summed E-state index contributed by atoms with van der Waals surface area (Å²) in [7, 11) is 0. The first-order chi connectivity index (χ1) is 20.0. The Kier molecular flexibility index (Phi) is 6.75. The Bertz CT molecular complexity index is 1860. The molecule has 3 N–H and O–H groups in total. The van der Waals surface area contributed by atoms with Gasteiger partial charge in [0, 0.05) is 29.1 Å². The van der Waals surface area contributed by atoms with Crippen LogP contribution in [-0.4, -0.2) is 37.1 Å². The zero-order valence-electron chi connectivity index (χ0n) is 21.7. The minimum absolute atomic E-state index is 0.165. The van der Waals surface area contributed by atoms with Crippen molar-refractivity contribution in [2.24, 2.45) is 0 Å². The van der Waals surface area contributed by atoms with Gasteiger partial charge in [-0.1, -0.05) is 78.0 Å². The molecule has 0 radical (unpaired) electrons. The maximum atomic E-state index is 12.7. The van der Waals surface area contributed by atoms with Crippen LogP contribution in [0.25, 0.3) is 44.7 Å². The van der Waals surface area contributed by atoms with Crippen LogP contribution in [-0.2, 0) is 11.3 Å². The highest BCUT2D eigenvalue weighted by Crippen LogP contribution is 2.42. The second kappa shape index (κ2) is 10.8. The predicted octanol–water partition coefficient (Wildman–Crippen LogP) is 6.46. The molecule has 9 heteroatoms. The van der Waals surface area contributed by atoms with Crippen molar-refractivity contribution in [1.29, 1.82) is 0 Å². The van der Waals surface area contributed by atoms with Gasteiger partial charge >= 0.3 is 5.97 Å². The Labute approximate surface area is 234 Å². The number of carboxylic acids is 1. The van der Waals surface area contributed by atoms with E-state index in [-0.39, 0.29) is 24.4 Å². The van der Waals surface area contributed by atoms with Crippen LogP contribution in [0, 0.1) is 0 Å². The third-order valence-electron chi connectivity index (χ3n) is 6.71. The Morgan fingerprint density at radius 2 is 1.51 bits per heavy atom. The first-order valence-electron chi connectivity index (χ1n) is 12.9. The summed E-state index contributed by atoms with van der Waals surface area (Å²) in [5.74, 6) is -1.36. The number of carboxylic acid groups (broad SMARTS) is 1. The molecule has 0 atom stereocenters. The second-order valence-electron chi connectivity index (χ2n) is 9.45. The van der Waals surface area contributed by atoms with Gasteiger partial charge in [-0.3, -0.25) is 9.48 Å². The van der Waals surface area contributed by atoms with Gasteiger partial charge in [-0.25, -0.2) is 4.79 Å². The number of fused-ring (bicyclic) bond motifs is 1. The molecule has 2 heterocycles. The lowest BCUT2D eigenvalue weighted by Crippen LogP contribution is -2.14. The van der Waals surface area contributed by atoms with E-state index in [9.17, 15) is 19.8 Å². The zero-order chi connectivity index (χ0) is 28.3. The van der Waals surface area contributed by atoms with Crippen molar-refractivity contribution >= 4 is 28.5 Å². The molecule has 9 nitrogen and oxygen atoms in total. The van der Waals surface area contributed by atoms with Crippen molar-refractivity contribution in [2.75, 3.05) is 5.32 Å². The molecule has 4 aromatic carbocycles. The maximum absolute atomic E-state index is 12.7. The molecule has 0 aliphatic rings. The normalized spacial score (nSPS) is 11.0. The van der Waals surface area contributed by atoms with E-state index < -0.39 is 11.7 Å². The molecule has 2 aromatic heterocycles. The number of aryl methyl sites for hydroxylation is 1. The monoisotopic (exact) mass is 544 g/mol. The average molecular weight is 545 g/mol. The number of nitrogens with zero attached hydrogens (tertiary/aromatic N) is 3. The molecule has 6 aromatic rings. The van der Waals surface area contributed by atoms with Crippen LogP contribution in [0.15, 0.2) is 108 Å². The van der Waals surface area contributed by atoms with E-state index in [0.717, 1.165) is 16.7 Å². The van der Waals surface area contributed by atoms with Crippen molar-refractivity contribution in [2.45, 2.75) is 13.0 Å². The highest BCUT2D eigenvalue weighted by Gasteiger charge is 2.23. The lowest BCUT2D eigenvalue weighted by atomic mass is 10.0.